The van der Waals surface area contributed by atoms with Gasteiger partial charge >= 0.3 is 0 Å². The number of nitrogens with two attached hydrogens (primary N) is 1. The van der Waals surface area contributed by atoms with Gasteiger partial charge in [-0.05, 0) is 30.5 Å². The van der Waals surface area contributed by atoms with Crippen LogP contribution in [0.3, 0.4) is 0 Å². The van der Waals surface area contributed by atoms with Crippen LogP contribution in [0.25, 0.3) is 0 Å². The van der Waals surface area contributed by atoms with E-state index >= 15 is 0 Å². The number of anilines is 1. The summed E-state index contributed by atoms with van der Waals surface area (Å²) in [7, 11) is 1.57. The highest BCUT2D eigenvalue weighted by molar-refractivity contribution is 6.00. The Morgan fingerprint density at radius 1 is 1.19 bits per heavy atom. The fourth-order valence-electron chi connectivity index (χ4n) is 2.53. The number of ether oxygens (including phenoxy) is 1. The van der Waals surface area contributed by atoms with E-state index in [0.29, 0.717) is 17.0 Å². The first kappa shape index (κ1) is 13.5. The standard InChI is InChI=1S/C17H18N2O2/c1-21-13-7-8-14(15(18)11-13)16(20)19-17(9-10-17)12-5-3-2-4-6-12/h2-8,11H,9-10,18H2,1H3,(H,19,20). The first-order valence-corrected chi connectivity index (χ1v) is 6.96. The van der Waals surface area contributed by atoms with Gasteiger partial charge in [-0.1, -0.05) is 30.3 Å². The summed E-state index contributed by atoms with van der Waals surface area (Å²) in [6.45, 7) is 0. The predicted octanol–water partition coefficient (Wildman–Crippen LogP) is 2.70. The zero-order chi connectivity index (χ0) is 14.9. The maximum atomic E-state index is 12.5. The number of amides is 1. The SMILES string of the molecule is COc1ccc(C(=O)NC2(c3ccccc3)CC2)c(N)c1. The van der Waals surface area contributed by atoms with Crippen molar-refractivity contribution in [1.29, 1.82) is 0 Å². The van der Waals surface area contributed by atoms with Gasteiger partial charge in [0.1, 0.15) is 5.75 Å². The third-order valence-electron chi connectivity index (χ3n) is 3.93. The van der Waals surface area contributed by atoms with Crippen molar-refractivity contribution < 1.29 is 9.53 Å². The molecule has 1 aliphatic rings. The lowest BCUT2D eigenvalue weighted by atomic mass is 10.0. The number of methoxy groups -OCH3 is 1. The molecule has 0 aliphatic heterocycles. The van der Waals surface area contributed by atoms with Crippen LogP contribution >= 0.6 is 0 Å². The van der Waals surface area contributed by atoms with Gasteiger partial charge in [0.05, 0.1) is 18.2 Å². The molecule has 4 heteroatoms. The number of hydrogen-bond donors (Lipinski definition) is 2. The molecule has 1 amide bonds. The Morgan fingerprint density at radius 2 is 1.90 bits per heavy atom. The van der Waals surface area contributed by atoms with Crippen molar-refractivity contribution in [1.82, 2.24) is 5.32 Å². The predicted molar refractivity (Wildman–Crippen MR) is 82.2 cm³/mol. The largest absolute Gasteiger partial charge is 0.497 e. The molecule has 21 heavy (non-hydrogen) atoms. The van der Waals surface area contributed by atoms with E-state index in [-0.39, 0.29) is 11.4 Å². The summed E-state index contributed by atoms with van der Waals surface area (Å²) in [5.74, 6) is 0.504. The monoisotopic (exact) mass is 282 g/mol. The second kappa shape index (κ2) is 5.13. The molecular formula is C17H18N2O2. The Morgan fingerprint density at radius 3 is 2.48 bits per heavy atom. The highest BCUT2D eigenvalue weighted by atomic mass is 16.5. The molecule has 0 saturated heterocycles. The van der Waals surface area contributed by atoms with Gasteiger partial charge in [0.15, 0.2) is 0 Å². The lowest BCUT2D eigenvalue weighted by Gasteiger charge is -2.18. The first-order valence-electron chi connectivity index (χ1n) is 6.96. The number of nitrogen functional groups attached to an aromatic ring is 1. The molecule has 3 rings (SSSR count). The van der Waals surface area contributed by atoms with Gasteiger partial charge in [-0.2, -0.15) is 0 Å². The molecule has 0 atom stereocenters. The van der Waals surface area contributed by atoms with Gasteiger partial charge in [0.25, 0.3) is 5.91 Å². The number of nitrogens with one attached hydrogen (secondary N) is 1. The molecule has 0 radical (unpaired) electrons. The van der Waals surface area contributed by atoms with E-state index in [1.165, 1.54) is 0 Å². The highest BCUT2D eigenvalue weighted by Crippen LogP contribution is 2.45. The maximum absolute atomic E-state index is 12.5. The fraction of sp³-hybridized carbons (Fsp3) is 0.235. The quantitative estimate of drug-likeness (QED) is 0.847. The second-order valence-corrected chi connectivity index (χ2v) is 5.36. The Kier molecular flexibility index (Phi) is 3.29. The summed E-state index contributed by atoms with van der Waals surface area (Å²) >= 11 is 0. The zero-order valence-corrected chi connectivity index (χ0v) is 11.9. The van der Waals surface area contributed by atoms with Crippen LogP contribution in [0.2, 0.25) is 0 Å². The first-order chi connectivity index (χ1) is 10.1. The minimum Gasteiger partial charge on any atom is -0.497 e. The minimum absolute atomic E-state index is 0.142. The van der Waals surface area contributed by atoms with Crippen LogP contribution in [0.5, 0.6) is 5.75 Å². The number of hydrogen-bond acceptors (Lipinski definition) is 3. The number of rotatable bonds is 4. The summed E-state index contributed by atoms with van der Waals surface area (Å²) in [6, 6.07) is 15.2. The van der Waals surface area contributed by atoms with E-state index in [1.807, 2.05) is 30.3 Å². The van der Waals surface area contributed by atoms with E-state index in [9.17, 15) is 4.79 Å². The summed E-state index contributed by atoms with van der Waals surface area (Å²) < 4.78 is 5.10. The molecular weight excluding hydrogens is 264 g/mol. The second-order valence-electron chi connectivity index (χ2n) is 5.36. The van der Waals surface area contributed by atoms with E-state index < -0.39 is 0 Å². The Hall–Kier alpha value is -2.49. The molecule has 1 saturated carbocycles. The smallest absolute Gasteiger partial charge is 0.254 e. The van der Waals surface area contributed by atoms with Gasteiger partial charge in [0.2, 0.25) is 0 Å². The zero-order valence-electron chi connectivity index (χ0n) is 11.9. The van der Waals surface area contributed by atoms with Crippen molar-refractivity contribution in [2.24, 2.45) is 0 Å². The van der Waals surface area contributed by atoms with Crippen LogP contribution in [-0.4, -0.2) is 13.0 Å². The summed E-state index contributed by atoms with van der Waals surface area (Å²) in [5.41, 5.74) is 7.76. The molecule has 0 unspecified atom stereocenters. The number of benzene rings is 2. The fourth-order valence-corrected chi connectivity index (χ4v) is 2.53. The molecule has 3 N–H and O–H groups in total. The van der Waals surface area contributed by atoms with Gasteiger partial charge < -0.3 is 15.8 Å². The molecule has 0 spiro atoms. The Bertz CT molecular complexity index is 664. The minimum atomic E-state index is -0.231. The number of carbonyl (C=O) groups is 1. The lowest BCUT2D eigenvalue weighted by molar-refractivity contribution is 0.0931. The molecule has 0 heterocycles. The molecule has 1 aliphatic carbocycles. The van der Waals surface area contributed by atoms with Crippen molar-refractivity contribution in [3.05, 3.63) is 59.7 Å². The normalized spacial score (nSPS) is 15.3. The van der Waals surface area contributed by atoms with Crippen molar-refractivity contribution >= 4 is 11.6 Å². The van der Waals surface area contributed by atoms with Crippen LogP contribution in [0.4, 0.5) is 5.69 Å². The Balaban J connectivity index is 1.81. The molecule has 108 valence electrons. The van der Waals surface area contributed by atoms with Crippen LogP contribution in [0.1, 0.15) is 28.8 Å². The maximum Gasteiger partial charge on any atom is 0.254 e. The summed E-state index contributed by atoms with van der Waals surface area (Å²) in [4.78, 5) is 12.5. The highest BCUT2D eigenvalue weighted by Gasteiger charge is 2.45. The Labute approximate surface area is 123 Å². The van der Waals surface area contributed by atoms with Crippen molar-refractivity contribution in [2.75, 3.05) is 12.8 Å². The van der Waals surface area contributed by atoms with Crippen LogP contribution in [0.15, 0.2) is 48.5 Å². The summed E-state index contributed by atoms with van der Waals surface area (Å²) in [6.07, 6.45) is 1.91. The summed E-state index contributed by atoms with van der Waals surface area (Å²) in [5, 5.41) is 3.12. The van der Waals surface area contributed by atoms with Crippen molar-refractivity contribution in [3.8, 4) is 5.75 Å². The molecule has 2 aromatic rings. The average molecular weight is 282 g/mol. The van der Waals surface area contributed by atoms with Gasteiger partial charge in [-0.25, -0.2) is 0 Å². The van der Waals surface area contributed by atoms with E-state index in [2.05, 4.69) is 5.32 Å². The van der Waals surface area contributed by atoms with Gasteiger partial charge in [0, 0.05) is 11.8 Å². The van der Waals surface area contributed by atoms with E-state index in [0.717, 1.165) is 18.4 Å². The van der Waals surface area contributed by atoms with E-state index in [1.54, 1.807) is 25.3 Å². The van der Waals surface area contributed by atoms with Crippen molar-refractivity contribution in [2.45, 2.75) is 18.4 Å². The molecule has 0 bridgehead atoms. The topological polar surface area (TPSA) is 64.3 Å². The molecule has 0 aromatic heterocycles. The molecule has 1 fully saturated rings. The molecule has 2 aromatic carbocycles. The number of carbonyl (C=O) groups excluding carboxylic acids is 1. The van der Waals surface area contributed by atoms with Crippen molar-refractivity contribution in [3.63, 3.8) is 0 Å². The van der Waals surface area contributed by atoms with E-state index in [4.69, 9.17) is 10.5 Å². The van der Waals surface area contributed by atoms with Crippen LogP contribution < -0.4 is 15.8 Å². The third kappa shape index (κ3) is 2.57. The van der Waals surface area contributed by atoms with Crippen LogP contribution in [-0.2, 0) is 5.54 Å². The average Bonchev–Trinajstić information content (AvgIpc) is 3.28. The van der Waals surface area contributed by atoms with Gasteiger partial charge in [-0.15, -0.1) is 0 Å². The lowest BCUT2D eigenvalue weighted by Crippen LogP contribution is -2.35. The molecule has 4 nitrogen and oxygen atoms in total. The van der Waals surface area contributed by atoms with Crippen LogP contribution in [0, 0.1) is 0 Å². The third-order valence-corrected chi connectivity index (χ3v) is 3.93. The van der Waals surface area contributed by atoms with Gasteiger partial charge in [-0.3, -0.25) is 4.79 Å².